The molecule has 0 amide bonds. The van der Waals surface area contributed by atoms with Gasteiger partial charge in [0.25, 0.3) is 0 Å². The smallest absolute Gasteiger partial charge is 0.243 e. The van der Waals surface area contributed by atoms with Gasteiger partial charge in [-0.15, -0.1) is 0 Å². The molecule has 1 saturated heterocycles. The summed E-state index contributed by atoms with van der Waals surface area (Å²) in [5.41, 5.74) is 4.65. The van der Waals surface area contributed by atoms with Gasteiger partial charge in [0.1, 0.15) is 0 Å². The lowest BCUT2D eigenvalue weighted by Crippen LogP contribution is -2.36. The van der Waals surface area contributed by atoms with Crippen molar-refractivity contribution in [1.29, 1.82) is 0 Å². The number of hydrogen-bond donors (Lipinski definition) is 1. The second kappa shape index (κ2) is 8.33. The lowest BCUT2D eigenvalue weighted by molar-refractivity contribution is 0.346. The first-order chi connectivity index (χ1) is 12.5. The first-order valence-corrected chi connectivity index (χ1v) is 10.8. The minimum atomic E-state index is -3.41. The van der Waals surface area contributed by atoms with E-state index >= 15 is 0 Å². The Balaban J connectivity index is 1.74. The van der Waals surface area contributed by atoms with Crippen LogP contribution in [0.3, 0.4) is 0 Å². The van der Waals surface area contributed by atoms with E-state index < -0.39 is 10.0 Å². The molecule has 1 fully saturated rings. The molecular formula is C21H28N2O2S. The molecule has 0 bridgehead atoms. The molecule has 0 radical (unpaired) electrons. The van der Waals surface area contributed by atoms with E-state index in [0.717, 1.165) is 31.4 Å². The van der Waals surface area contributed by atoms with E-state index in [1.54, 1.807) is 10.4 Å². The van der Waals surface area contributed by atoms with Gasteiger partial charge in [0, 0.05) is 26.2 Å². The summed E-state index contributed by atoms with van der Waals surface area (Å²) in [6.07, 6.45) is 3.02. The zero-order valence-electron chi connectivity index (χ0n) is 15.7. The van der Waals surface area contributed by atoms with Crippen LogP contribution in [0.25, 0.3) is 0 Å². The Bertz CT molecular complexity index is 856. The maximum absolute atomic E-state index is 13.0. The lowest BCUT2D eigenvalue weighted by Gasteiger charge is -2.27. The van der Waals surface area contributed by atoms with E-state index in [1.165, 1.54) is 16.7 Å². The van der Waals surface area contributed by atoms with E-state index in [2.05, 4.69) is 37.4 Å². The number of rotatable bonds is 6. The Labute approximate surface area is 157 Å². The first-order valence-electron chi connectivity index (χ1n) is 9.34. The van der Waals surface area contributed by atoms with Crippen LogP contribution in [0, 0.1) is 13.8 Å². The molecule has 1 aliphatic heterocycles. The van der Waals surface area contributed by atoms with Crippen LogP contribution in [0.5, 0.6) is 0 Å². The molecule has 4 nitrogen and oxygen atoms in total. The number of hydrogen-bond acceptors (Lipinski definition) is 3. The van der Waals surface area contributed by atoms with E-state index in [0.29, 0.717) is 24.5 Å². The summed E-state index contributed by atoms with van der Waals surface area (Å²) in [6.45, 7) is 6.77. The van der Waals surface area contributed by atoms with Gasteiger partial charge in [0.15, 0.2) is 0 Å². The van der Waals surface area contributed by atoms with Gasteiger partial charge in [-0.1, -0.05) is 42.8 Å². The number of piperidine rings is 1. The van der Waals surface area contributed by atoms with Crippen molar-refractivity contribution in [3.63, 3.8) is 0 Å². The van der Waals surface area contributed by atoms with Gasteiger partial charge < -0.3 is 5.32 Å². The van der Waals surface area contributed by atoms with Gasteiger partial charge in [-0.25, -0.2) is 8.42 Å². The predicted molar refractivity (Wildman–Crippen MR) is 106 cm³/mol. The minimum absolute atomic E-state index is 0.440. The highest BCUT2D eigenvalue weighted by Crippen LogP contribution is 2.23. The summed E-state index contributed by atoms with van der Waals surface area (Å²) in [4.78, 5) is 0.440. The molecule has 5 heteroatoms. The fourth-order valence-corrected chi connectivity index (χ4v) is 5.22. The average Bonchev–Trinajstić information content (AvgIpc) is 2.66. The van der Waals surface area contributed by atoms with Gasteiger partial charge >= 0.3 is 0 Å². The third-order valence-electron chi connectivity index (χ3n) is 5.25. The SMILES string of the molecule is Cc1cccc(CNCc2ccccc2S(=O)(=O)N2CCCCC2)c1C. The number of nitrogens with zero attached hydrogens (tertiary/aromatic N) is 1. The molecule has 2 aromatic carbocycles. The van der Waals surface area contributed by atoms with E-state index in [1.807, 2.05) is 18.2 Å². The standard InChI is InChI=1S/C21H28N2O2S/c1-17-9-8-11-19(18(17)2)15-22-16-20-10-4-5-12-21(20)26(24,25)23-13-6-3-7-14-23/h4-5,8-12,22H,3,6-7,13-16H2,1-2H3. The van der Waals surface area contributed by atoms with Crippen molar-refractivity contribution >= 4 is 10.0 Å². The van der Waals surface area contributed by atoms with E-state index in [-0.39, 0.29) is 0 Å². The Kier molecular flexibility index (Phi) is 6.12. The van der Waals surface area contributed by atoms with Crippen molar-refractivity contribution in [2.45, 2.75) is 51.1 Å². The lowest BCUT2D eigenvalue weighted by atomic mass is 10.0. The fraction of sp³-hybridized carbons (Fsp3) is 0.429. The summed E-state index contributed by atoms with van der Waals surface area (Å²) in [7, 11) is -3.41. The van der Waals surface area contributed by atoms with Crippen LogP contribution >= 0.6 is 0 Å². The summed E-state index contributed by atoms with van der Waals surface area (Å²) >= 11 is 0. The Morgan fingerprint density at radius 2 is 1.54 bits per heavy atom. The summed E-state index contributed by atoms with van der Waals surface area (Å²) in [5.74, 6) is 0. The molecule has 0 spiro atoms. The fourth-order valence-electron chi connectivity index (χ4n) is 3.48. The zero-order valence-corrected chi connectivity index (χ0v) is 16.5. The molecule has 140 valence electrons. The molecule has 0 unspecified atom stereocenters. The monoisotopic (exact) mass is 372 g/mol. The van der Waals surface area contributed by atoms with E-state index in [4.69, 9.17) is 0 Å². The van der Waals surface area contributed by atoms with Crippen LogP contribution in [0.1, 0.15) is 41.5 Å². The number of nitrogens with one attached hydrogen (secondary N) is 1. The van der Waals surface area contributed by atoms with Crippen molar-refractivity contribution in [3.05, 3.63) is 64.7 Å². The molecule has 1 aliphatic rings. The summed E-state index contributed by atoms with van der Waals surface area (Å²) in [5, 5.41) is 3.42. The quantitative estimate of drug-likeness (QED) is 0.840. The van der Waals surface area contributed by atoms with Crippen molar-refractivity contribution in [1.82, 2.24) is 9.62 Å². The van der Waals surface area contributed by atoms with Crippen molar-refractivity contribution < 1.29 is 8.42 Å². The van der Waals surface area contributed by atoms with Gasteiger partial charge in [0.2, 0.25) is 10.0 Å². The normalized spacial score (nSPS) is 15.9. The molecule has 0 saturated carbocycles. The second-order valence-corrected chi connectivity index (χ2v) is 8.94. The Hall–Kier alpha value is -1.69. The first kappa shape index (κ1) is 19.1. The third kappa shape index (κ3) is 4.17. The maximum atomic E-state index is 13.0. The van der Waals surface area contributed by atoms with Crippen LogP contribution in [0.4, 0.5) is 0 Å². The maximum Gasteiger partial charge on any atom is 0.243 e. The highest BCUT2D eigenvalue weighted by molar-refractivity contribution is 7.89. The summed E-state index contributed by atoms with van der Waals surface area (Å²) in [6, 6.07) is 13.7. The van der Waals surface area contributed by atoms with Crippen molar-refractivity contribution in [3.8, 4) is 0 Å². The molecule has 1 heterocycles. The molecular weight excluding hydrogens is 344 g/mol. The van der Waals surface area contributed by atoms with Crippen LogP contribution in [-0.2, 0) is 23.1 Å². The number of benzene rings is 2. The Morgan fingerprint density at radius 3 is 2.31 bits per heavy atom. The molecule has 0 atom stereocenters. The minimum Gasteiger partial charge on any atom is -0.309 e. The van der Waals surface area contributed by atoms with E-state index in [9.17, 15) is 8.42 Å². The highest BCUT2D eigenvalue weighted by atomic mass is 32.2. The number of aryl methyl sites for hydroxylation is 1. The highest BCUT2D eigenvalue weighted by Gasteiger charge is 2.27. The third-order valence-corrected chi connectivity index (χ3v) is 7.25. The topological polar surface area (TPSA) is 49.4 Å². The molecule has 3 rings (SSSR count). The second-order valence-electron chi connectivity index (χ2n) is 7.04. The molecule has 26 heavy (non-hydrogen) atoms. The van der Waals surface area contributed by atoms with Crippen molar-refractivity contribution in [2.75, 3.05) is 13.1 Å². The largest absolute Gasteiger partial charge is 0.309 e. The van der Waals surface area contributed by atoms with Crippen molar-refractivity contribution in [2.24, 2.45) is 0 Å². The summed E-state index contributed by atoms with van der Waals surface area (Å²) < 4.78 is 27.7. The van der Waals surface area contributed by atoms with Gasteiger partial charge in [-0.2, -0.15) is 4.31 Å². The Morgan fingerprint density at radius 1 is 0.885 bits per heavy atom. The molecule has 2 aromatic rings. The molecule has 0 aromatic heterocycles. The zero-order chi connectivity index (χ0) is 18.6. The van der Waals surface area contributed by atoms with Gasteiger partial charge in [-0.3, -0.25) is 0 Å². The predicted octanol–water partition coefficient (Wildman–Crippen LogP) is 3.77. The van der Waals surface area contributed by atoms with Gasteiger partial charge in [-0.05, 0) is 55.0 Å². The van der Waals surface area contributed by atoms with Crippen LogP contribution in [0.2, 0.25) is 0 Å². The van der Waals surface area contributed by atoms with Crippen LogP contribution in [-0.4, -0.2) is 25.8 Å². The average molecular weight is 373 g/mol. The molecule has 0 aliphatic carbocycles. The molecule has 1 N–H and O–H groups in total. The van der Waals surface area contributed by atoms with Crippen LogP contribution in [0.15, 0.2) is 47.4 Å². The van der Waals surface area contributed by atoms with Crippen LogP contribution < -0.4 is 5.32 Å². The number of sulfonamides is 1. The van der Waals surface area contributed by atoms with Gasteiger partial charge in [0.05, 0.1) is 4.90 Å².